The molecule has 10 nitrogen and oxygen atoms in total. The van der Waals surface area contributed by atoms with Gasteiger partial charge in [-0.2, -0.15) is 4.98 Å². The van der Waals surface area contributed by atoms with E-state index in [4.69, 9.17) is 23.9 Å². The first-order chi connectivity index (χ1) is 17.0. The molecule has 2 fully saturated rings. The van der Waals surface area contributed by atoms with Crippen molar-refractivity contribution in [3.8, 4) is 28.7 Å². The quantitative estimate of drug-likeness (QED) is 0.589. The number of carbonyl (C=O) groups is 1. The molecule has 2 aliphatic heterocycles. The van der Waals surface area contributed by atoms with E-state index in [0.717, 1.165) is 0 Å². The number of aromatic amines is 1. The van der Waals surface area contributed by atoms with E-state index in [9.17, 15) is 9.18 Å². The van der Waals surface area contributed by atoms with E-state index in [2.05, 4.69) is 15.0 Å². The Labute approximate surface area is 201 Å². The third-order valence-electron chi connectivity index (χ3n) is 5.93. The summed E-state index contributed by atoms with van der Waals surface area (Å²) in [6.07, 6.45) is 1.56. The Balaban J connectivity index is 1.65. The number of nitrogens with one attached hydrogen (secondary N) is 1. The lowest BCUT2D eigenvalue weighted by molar-refractivity contribution is -0.284. The number of aromatic nitrogens is 4. The van der Waals surface area contributed by atoms with Crippen LogP contribution >= 0.6 is 0 Å². The zero-order valence-corrected chi connectivity index (χ0v) is 19.5. The van der Waals surface area contributed by atoms with Crippen LogP contribution < -0.4 is 4.74 Å². The van der Waals surface area contributed by atoms with Gasteiger partial charge in [0.1, 0.15) is 5.82 Å². The number of amides is 1. The molecule has 4 heterocycles. The number of H-pyrrole nitrogens is 1. The standard InChI is InChI=1S/C24H26FN5O5/c1-15-13-34-24(35-14-15,22(31)30-9-11-33-12-10-30)21-28-19(16-3-5-17(25)6-4-16)20(29-21)18-7-8-26-23(27-18)32-2/h3-8,15H,9-14H2,1-2H3,(H,28,29). The molecule has 0 radical (unpaired) electrons. The van der Waals surface area contributed by atoms with Crippen molar-refractivity contribution in [3.05, 3.63) is 48.2 Å². The number of ether oxygens (including phenoxy) is 4. The number of benzene rings is 1. The van der Waals surface area contributed by atoms with Crippen LogP contribution in [0.3, 0.4) is 0 Å². The van der Waals surface area contributed by atoms with E-state index < -0.39 is 5.79 Å². The molecule has 0 aliphatic carbocycles. The molecule has 35 heavy (non-hydrogen) atoms. The minimum absolute atomic E-state index is 0.109. The predicted octanol–water partition coefficient (Wildman–Crippen LogP) is 2.38. The minimum atomic E-state index is -1.76. The Morgan fingerprint density at radius 2 is 1.86 bits per heavy atom. The van der Waals surface area contributed by atoms with Crippen molar-refractivity contribution in [2.75, 3.05) is 46.6 Å². The molecule has 1 N–H and O–H groups in total. The lowest BCUT2D eigenvalue weighted by atomic mass is 10.1. The Hall–Kier alpha value is -3.41. The van der Waals surface area contributed by atoms with Crippen molar-refractivity contribution in [1.29, 1.82) is 0 Å². The molecule has 3 aromatic rings. The molecule has 5 rings (SSSR count). The van der Waals surface area contributed by atoms with Crippen molar-refractivity contribution < 1.29 is 28.1 Å². The summed E-state index contributed by atoms with van der Waals surface area (Å²) < 4.78 is 36.5. The van der Waals surface area contributed by atoms with E-state index in [1.807, 2.05) is 6.92 Å². The largest absolute Gasteiger partial charge is 0.467 e. The molecule has 2 aromatic heterocycles. The summed E-state index contributed by atoms with van der Waals surface area (Å²) in [6.45, 7) is 4.33. The average Bonchev–Trinajstić information content (AvgIpc) is 3.36. The van der Waals surface area contributed by atoms with Crippen LogP contribution in [0, 0.1) is 11.7 Å². The zero-order chi connectivity index (χ0) is 24.4. The van der Waals surface area contributed by atoms with Crippen molar-refractivity contribution in [2.45, 2.75) is 12.7 Å². The topological polar surface area (TPSA) is 112 Å². The van der Waals surface area contributed by atoms with E-state index in [-0.39, 0.29) is 29.5 Å². The number of carbonyl (C=O) groups excluding carboxylic acids is 1. The molecule has 2 saturated heterocycles. The van der Waals surface area contributed by atoms with Gasteiger partial charge in [-0.15, -0.1) is 0 Å². The number of halogens is 1. The van der Waals surface area contributed by atoms with Gasteiger partial charge in [0, 0.05) is 30.8 Å². The Morgan fingerprint density at radius 3 is 2.54 bits per heavy atom. The lowest BCUT2D eigenvalue weighted by Crippen LogP contribution is -2.56. The monoisotopic (exact) mass is 483 g/mol. The van der Waals surface area contributed by atoms with Crippen LogP contribution in [0.2, 0.25) is 0 Å². The number of hydrogen-bond donors (Lipinski definition) is 1. The van der Waals surface area contributed by atoms with Crippen LogP contribution in [0.1, 0.15) is 12.7 Å². The Bertz CT molecular complexity index is 1190. The summed E-state index contributed by atoms with van der Waals surface area (Å²) in [5.74, 6) is -2.18. The van der Waals surface area contributed by atoms with Gasteiger partial charge in [0.15, 0.2) is 5.82 Å². The van der Waals surface area contributed by atoms with Crippen molar-refractivity contribution in [3.63, 3.8) is 0 Å². The maximum absolute atomic E-state index is 13.8. The second kappa shape index (κ2) is 9.68. The average molecular weight is 484 g/mol. The second-order valence-corrected chi connectivity index (χ2v) is 8.49. The lowest BCUT2D eigenvalue weighted by Gasteiger charge is -2.40. The number of rotatable bonds is 5. The maximum Gasteiger partial charge on any atom is 0.316 e. The summed E-state index contributed by atoms with van der Waals surface area (Å²) in [5.41, 5.74) is 2.06. The Kier molecular flexibility index (Phi) is 6.46. The number of imidazole rings is 1. The molecule has 0 unspecified atom stereocenters. The van der Waals surface area contributed by atoms with Gasteiger partial charge in [0.2, 0.25) is 0 Å². The Morgan fingerprint density at radius 1 is 1.14 bits per heavy atom. The molecule has 0 atom stereocenters. The van der Waals surface area contributed by atoms with Gasteiger partial charge in [-0.25, -0.2) is 14.4 Å². The number of hydrogen-bond acceptors (Lipinski definition) is 8. The highest BCUT2D eigenvalue weighted by Gasteiger charge is 2.51. The molecule has 184 valence electrons. The van der Waals surface area contributed by atoms with E-state index in [1.54, 1.807) is 29.3 Å². The molecule has 1 amide bonds. The SMILES string of the molecule is COc1nccc(-c2[nH]c(C3(C(=O)N4CCOCC4)OCC(C)CO3)nc2-c2ccc(F)cc2)n1. The first kappa shape index (κ1) is 23.3. The second-order valence-electron chi connectivity index (χ2n) is 8.49. The van der Waals surface area contributed by atoms with E-state index in [1.165, 1.54) is 19.2 Å². The predicted molar refractivity (Wildman–Crippen MR) is 122 cm³/mol. The van der Waals surface area contributed by atoms with Crippen LogP contribution in [-0.2, 0) is 24.8 Å². The molecule has 0 spiro atoms. The number of morpholine rings is 1. The fraction of sp³-hybridized carbons (Fsp3) is 0.417. The van der Waals surface area contributed by atoms with E-state index in [0.29, 0.717) is 62.2 Å². The minimum Gasteiger partial charge on any atom is -0.467 e. The molecule has 2 aliphatic rings. The highest BCUT2D eigenvalue weighted by molar-refractivity contribution is 5.86. The summed E-state index contributed by atoms with van der Waals surface area (Å²) in [6, 6.07) is 7.77. The zero-order valence-electron chi connectivity index (χ0n) is 19.5. The summed E-state index contributed by atoms with van der Waals surface area (Å²) in [7, 11) is 1.47. The van der Waals surface area contributed by atoms with Gasteiger partial charge < -0.3 is 28.8 Å². The molecular weight excluding hydrogens is 457 g/mol. The third-order valence-corrected chi connectivity index (χ3v) is 5.93. The van der Waals surface area contributed by atoms with Gasteiger partial charge in [-0.3, -0.25) is 4.79 Å². The highest BCUT2D eigenvalue weighted by Crippen LogP contribution is 2.38. The fourth-order valence-corrected chi connectivity index (χ4v) is 4.05. The van der Waals surface area contributed by atoms with Gasteiger partial charge in [-0.05, 0) is 30.3 Å². The number of methoxy groups -OCH3 is 1. The maximum atomic E-state index is 13.8. The van der Waals surface area contributed by atoms with Crippen molar-refractivity contribution >= 4 is 5.91 Å². The first-order valence-corrected chi connectivity index (χ1v) is 11.4. The summed E-state index contributed by atoms with van der Waals surface area (Å²) in [5, 5.41) is 0. The van der Waals surface area contributed by atoms with Crippen LogP contribution in [0.25, 0.3) is 22.6 Å². The van der Waals surface area contributed by atoms with Gasteiger partial charge in [0.25, 0.3) is 5.91 Å². The van der Waals surface area contributed by atoms with Gasteiger partial charge in [-0.1, -0.05) is 6.92 Å². The van der Waals surface area contributed by atoms with Crippen LogP contribution in [0.15, 0.2) is 36.5 Å². The van der Waals surface area contributed by atoms with Crippen LogP contribution in [0.5, 0.6) is 6.01 Å². The summed E-state index contributed by atoms with van der Waals surface area (Å²) >= 11 is 0. The molecule has 0 bridgehead atoms. The van der Waals surface area contributed by atoms with Crippen LogP contribution in [0.4, 0.5) is 4.39 Å². The van der Waals surface area contributed by atoms with Crippen molar-refractivity contribution in [2.24, 2.45) is 5.92 Å². The van der Waals surface area contributed by atoms with Crippen molar-refractivity contribution in [1.82, 2.24) is 24.8 Å². The number of nitrogens with zero attached hydrogens (tertiary/aromatic N) is 4. The molecule has 11 heteroatoms. The normalized spacial score (nSPS) is 22.7. The van der Waals surface area contributed by atoms with Gasteiger partial charge >= 0.3 is 11.8 Å². The smallest absolute Gasteiger partial charge is 0.316 e. The fourth-order valence-electron chi connectivity index (χ4n) is 4.05. The molecular formula is C24H26FN5O5. The first-order valence-electron chi connectivity index (χ1n) is 11.4. The molecule has 1 aromatic carbocycles. The highest BCUT2D eigenvalue weighted by atomic mass is 19.1. The molecule has 0 saturated carbocycles. The van der Waals surface area contributed by atoms with Crippen LogP contribution in [-0.4, -0.2) is 77.4 Å². The van der Waals surface area contributed by atoms with Gasteiger partial charge in [0.05, 0.1) is 50.6 Å². The van der Waals surface area contributed by atoms with E-state index >= 15 is 0 Å². The summed E-state index contributed by atoms with van der Waals surface area (Å²) in [4.78, 5) is 31.9. The third kappa shape index (κ3) is 4.49.